The second kappa shape index (κ2) is 6.11. The molecule has 0 amide bonds. The van der Waals surface area contributed by atoms with Crippen LogP contribution in [-0.4, -0.2) is 0 Å². The summed E-state index contributed by atoms with van der Waals surface area (Å²) in [6, 6.07) is 34.4. The van der Waals surface area contributed by atoms with E-state index in [-0.39, 0.29) is 5.41 Å². The Morgan fingerprint density at radius 3 is 1.78 bits per heavy atom. The van der Waals surface area contributed by atoms with Gasteiger partial charge >= 0.3 is 0 Å². The van der Waals surface area contributed by atoms with Crippen molar-refractivity contribution in [2.45, 2.75) is 12.3 Å². The van der Waals surface area contributed by atoms with Crippen molar-refractivity contribution in [1.29, 1.82) is 0 Å². The molecule has 0 unspecified atom stereocenters. The van der Waals surface area contributed by atoms with E-state index >= 15 is 0 Å². The average Bonchev–Trinajstić information content (AvgIpc) is 2.99. The van der Waals surface area contributed by atoms with E-state index < -0.39 is 0 Å². The topological polar surface area (TPSA) is 0 Å². The number of hydrogen-bond acceptors (Lipinski definition) is 0. The molecule has 0 saturated carbocycles. The van der Waals surface area contributed by atoms with Gasteiger partial charge in [-0.25, -0.2) is 0 Å². The lowest BCUT2D eigenvalue weighted by Crippen LogP contribution is -2.22. The van der Waals surface area contributed by atoms with E-state index in [1.807, 2.05) is 18.2 Å². The molecule has 1 heteroatoms. The molecule has 0 nitrogen and oxygen atoms in total. The summed E-state index contributed by atoms with van der Waals surface area (Å²) in [5.74, 6) is 0. The molecule has 0 aromatic heterocycles. The van der Waals surface area contributed by atoms with Gasteiger partial charge < -0.3 is 0 Å². The van der Waals surface area contributed by atoms with Crippen LogP contribution in [0.2, 0.25) is 5.02 Å². The minimum absolute atomic E-state index is 0.176. The van der Waals surface area contributed by atoms with E-state index in [9.17, 15) is 0 Å². The predicted octanol–water partition coefficient (Wildman–Crippen LogP) is 7.34. The molecule has 130 valence electrons. The largest absolute Gasteiger partial charge is 0.0837 e. The number of hydrogen-bond donors (Lipinski definition) is 0. The smallest absolute Gasteiger partial charge is 0.0484 e. The fourth-order valence-electron chi connectivity index (χ4n) is 4.46. The van der Waals surface area contributed by atoms with E-state index in [2.05, 4.69) is 85.8 Å². The summed E-state index contributed by atoms with van der Waals surface area (Å²) in [5.41, 5.74) is 8.73. The molecule has 0 bridgehead atoms. The van der Waals surface area contributed by atoms with Gasteiger partial charge in [0.15, 0.2) is 0 Å². The van der Waals surface area contributed by atoms with E-state index in [0.717, 1.165) is 16.1 Å². The molecule has 0 radical (unpaired) electrons. The van der Waals surface area contributed by atoms with Crippen LogP contribution in [0.25, 0.3) is 22.3 Å². The highest BCUT2D eigenvalue weighted by Gasteiger charge is 2.40. The number of fused-ring (bicyclic) bond motifs is 3. The van der Waals surface area contributed by atoms with E-state index in [1.165, 1.54) is 27.8 Å². The first-order valence-electron chi connectivity index (χ1n) is 9.24. The van der Waals surface area contributed by atoms with Gasteiger partial charge in [-0.2, -0.15) is 0 Å². The summed E-state index contributed by atoms with van der Waals surface area (Å²) >= 11 is 6.47. The van der Waals surface area contributed by atoms with Crippen LogP contribution < -0.4 is 0 Å². The molecule has 4 aromatic carbocycles. The van der Waals surface area contributed by atoms with Gasteiger partial charge in [-0.1, -0.05) is 96.5 Å². The zero-order chi connectivity index (χ0) is 18.4. The standard InChI is InChI=1S/C26H19Cl/c1-26(19-10-8-9-18(17-19)20-11-4-7-16-25(20)27)23-14-5-2-12-21(23)22-13-3-6-15-24(22)26/h2-17H,1H3. The van der Waals surface area contributed by atoms with Crippen molar-refractivity contribution < 1.29 is 0 Å². The molecule has 0 aliphatic heterocycles. The molecule has 0 spiro atoms. The van der Waals surface area contributed by atoms with Crippen LogP contribution in [0.3, 0.4) is 0 Å². The van der Waals surface area contributed by atoms with Crippen molar-refractivity contribution in [1.82, 2.24) is 0 Å². The third-order valence-corrected chi connectivity index (χ3v) is 6.18. The van der Waals surface area contributed by atoms with Gasteiger partial charge in [0, 0.05) is 16.0 Å². The molecule has 0 fully saturated rings. The zero-order valence-corrected chi connectivity index (χ0v) is 15.9. The Labute approximate surface area is 165 Å². The summed E-state index contributed by atoms with van der Waals surface area (Å²) in [6.45, 7) is 2.34. The summed E-state index contributed by atoms with van der Waals surface area (Å²) < 4.78 is 0. The van der Waals surface area contributed by atoms with Gasteiger partial charge in [-0.05, 0) is 52.4 Å². The monoisotopic (exact) mass is 366 g/mol. The average molecular weight is 367 g/mol. The van der Waals surface area contributed by atoms with E-state index in [0.29, 0.717) is 0 Å². The Bertz CT molecular complexity index is 1110. The normalized spacial score (nSPS) is 13.9. The first-order chi connectivity index (χ1) is 13.2. The quantitative estimate of drug-likeness (QED) is 0.348. The van der Waals surface area contributed by atoms with Crippen LogP contribution in [0.15, 0.2) is 97.1 Å². The maximum Gasteiger partial charge on any atom is 0.0484 e. The lowest BCUT2D eigenvalue weighted by atomic mass is 9.74. The lowest BCUT2D eigenvalue weighted by Gasteiger charge is -2.28. The molecule has 0 saturated heterocycles. The van der Waals surface area contributed by atoms with E-state index in [1.54, 1.807) is 0 Å². The Hall–Kier alpha value is -2.83. The van der Waals surface area contributed by atoms with Crippen LogP contribution in [0.4, 0.5) is 0 Å². The second-order valence-corrected chi connectivity index (χ2v) is 7.68. The molecule has 1 aliphatic rings. The summed E-state index contributed by atoms with van der Waals surface area (Å²) in [7, 11) is 0. The molecular weight excluding hydrogens is 348 g/mol. The predicted molar refractivity (Wildman–Crippen MR) is 114 cm³/mol. The molecule has 0 N–H and O–H groups in total. The summed E-state index contributed by atoms with van der Waals surface area (Å²) in [5, 5.41) is 0.784. The number of rotatable bonds is 2. The lowest BCUT2D eigenvalue weighted by molar-refractivity contribution is 0.714. The van der Waals surface area contributed by atoms with Gasteiger partial charge in [-0.15, -0.1) is 0 Å². The van der Waals surface area contributed by atoms with Gasteiger partial charge in [0.05, 0.1) is 0 Å². The van der Waals surface area contributed by atoms with Crippen molar-refractivity contribution in [3.8, 4) is 22.3 Å². The van der Waals surface area contributed by atoms with E-state index in [4.69, 9.17) is 11.6 Å². The van der Waals surface area contributed by atoms with Crippen LogP contribution in [-0.2, 0) is 5.41 Å². The molecule has 0 heterocycles. The minimum atomic E-state index is -0.176. The highest BCUT2D eigenvalue weighted by molar-refractivity contribution is 6.33. The molecule has 4 aromatic rings. The van der Waals surface area contributed by atoms with Crippen LogP contribution in [0, 0.1) is 0 Å². The van der Waals surface area contributed by atoms with Crippen molar-refractivity contribution in [2.24, 2.45) is 0 Å². The Kier molecular flexibility index (Phi) is 3.70. The third-order valence-electron chi connectivity index (χ3n) is 5.85. The van der Waals surface area contributed by atoms with Gasteiger partial charge in [0.25, 0.3) is 0 Å². The molecular formula is C26H19Cl. The SMILES string of the molecule is CC1(c2cccc(-c3ccccc3Cl)c2)c2ccccc2-c2ccccc21. The maximum atomic E-state index is 6.47. The fourth-order valence-corrected chi connectivity index (χ4v) is 4.70. The summed E-state index contributed by atoms with van der Waals surface area (Å²) in [6.07, 6.45) is 0. The van der Waals surface area contributed by atoms with Gasteiger partial charge in [-0.3, -0.25) is 0 Å². The highest BCUT2D eigenvalue weighted by Crippen LogP contribution is 2.52. The number of halogens is 1. The van der Waals surface area contributed by atoms with Crippen LogP contribution in [0.5, 0.6) is 0 Å². The van der Waals surface area contributed by atoms with Gasteiger partial charge in [0.1, 0.15) is 0 Å². The first-order valence-corrected chi connectivity index (χ1v) is 9.62. The Morgan fingerprint density at radius 1 is 0.593 bits per heavy atom. The molecule has 5 rings (SSSR count). The fraction of sp³-hybridized carbons (Fsp3) is 0.0769. The molecule has 27 heavy (non-hydrogen) atoms. The molecule has 1 aliphatic carbocycles. The second-order valence-electron chi connectivity index (χ2n) is 7.28. The zero-order valence-electron chi connectivity index (χ0n) is 15.1. The van der Waals surface area contributed by atoms with Crippen molar-refractivity contribution >= 4 is 11.6 Å². The van der Waals surface area contributed by atoms with Crippen molar-refractivity contribution in [3.63, 3.8) is 0 Å². The highest BCUT2D eigenvalue weighted by atomic mass is 35.5. The van der Waals surface area contributed by atoms with Crippen molar-refractivity contribution in [3.05, 3.63) is 119 Å². The minimum Gasteiger partial charge on any atom is -0.0837 e. The Balaban J connectivity index is 1.76. The summed E-state index contributed by atoms with van der Waals surface area (Å²) in [4.78, 5) is 0. The van der Waals surface area contributed by atoms with Gasteiger partial charge in [0.2, 0.25) is 0 Å². The maximum absolute atomic E-state index is 6.47. The number of benzene rings is 4. The third kappa shape index (κ3) is 2.37. The van der Waals surface area contributed by atoms with Crippen LogP contribution in [0.1, 0.15) is 23.6 Å². The first kappa shape index (κ1) is 16.4. The Morgan fingerprint density at radius 2 is 1.15 bits per heavy atom. The van der Waals surface area contributed by atoms with Crippen LogP contribution >= 0.6 is 11.6 Å². The molecule has 0 atom stereocenters. The van der Waals surface area contributed by atoms with Crippen molar-refractivity contribution in [2.75, 3.05) is 0 Å².